The Balaban J connectivity index is 3.82. The van der Waals surface area contributed by atoms with Gasteiger partial charge in [0.2, 0.25) is 9.84 Å². The molecule has 1 aromatic carbocycles. The maximum Gasteiger partial charge on any atom is 0.363 e. The Labute approximate surface area is 120 Å². The fraction of sp³-hybridized carbons (Fsp3) is 0.111. The third-order valence-corrected chi connectivity index (χ3v) is 6.77. The Morgan fingerprint density at radius 2 is 1.67 bits per heavy atom. The molecule has 0 aliphatic rings. The van der Waals surface area contributed by atoms with E-state index in [1.807, 2.05) is 0 Å². The van der Waals surface area contributed by atoms with Crippen LogP contribution in [0.3, 0.4) is 0 Å². The molecule has 0 aliphatic heterocycles. The third kappa shape index (κ3) is 2.68. The fourth-order valence-corrected chi connectivity index (χ4v) is 4.85. The topological polar surface area (TPSA) is 193 Å². The maximum atomic E-state index is 12.4. The van der Waals surface area contributed by atoms with Gasteiger partial charge in [-0.15, -0.1) is 0 Å². The van der Waals surface area contributed by atoms with Crippen LogP contribution in [-0.2, 0) is 24.7 Å². The molecule has 116 valence electrons. The second-order valence-corrected chi connectivity index (χ2v) is 7.87. The average molecular weight is 336 g/mol. The first-order valence-corrected chi connectivity index (χ1v) is 8.17. The van der Waals surface area contributed by atoms with E-state index in [1.54, 1.807) is 0 Å². The van der Waals surface area contributed by atoms with E-state index < -0.39 is 40.9 Å². The van der Waals surface area contributed by atoms with Crippen molar-refractivity contribution >= 4 is 31.8 Å². The molecule has 21 heavy (non-hydrogen) atoms. The highest BCUT2D eigenvalue weighted by Gasteiger charge is 2.62. The van der Waals surface area contributed by atoms with Gasteiger partial charge in [-0.3, -0.25) is 5.41 Å². The standard InChI is InChI=1S/C9H12N4O6S2/c10-8(11)13-9(7(14)15,21(12,18)19)20(16,17)6-4-2-1-3-5-6/h1-5H,(H,14,15)(H4,10,11,13)(H2,12,18,19). The number of nitrogens with one attached hydrogen (secondary N) is 2. The van der Waals surface area contributed by atoms with Crippen LogP contribution in [0.1, 0.15) is 0 Å². The van der Waals surface area contributed by atoms with E-state index in [4.69, 9.17) is 21.4 Å². The molecule has 1 rings (SSSR count). The smallest absolute Gasteiger partial charge is 0.363 e. The number of sulfonamides is 1. The van der Waals surface area contributed by atoms with Crippen LogP contribution < -0.4 is 16.2 Å². The zero-order chi connectivity index (χ0) is 16.5. The molecule has 0 spiro atoms. The molecule has 12 heteroatoms. The number of carbonyl (C=O) groups is 1. The molecule has 1 unspecified atom stereocenters. The van der Waals surface area contributed by atoms with Crippen molar-refractivity contribution in [1.29, 1.82) is 5.41 Å². The summed E-state index contributed by atoms with van der Waals surface area (Å²) in [6.45, 7) is 0. The minimum absolute atomic E-state index is 0.616. The maximum absolute atomic E-state index is 12.4. The monoisotopic (exact) mass is 336 g/mol. The van der Waals surface area contributed by atoms with Gasteiger partial charge in [0.15, 0.2) is 5.96 Å². The SMILES string of the molecule is N=C(N)NC(C(=O)O)(S(N)(=O)=O)S(=O)(=O)c1ccccc1. The average Bonchev–Trinajstić information content (AvgIpc) is 2.34. The lowest BCUT2D eigenvalue weighted by atomic mass is 10.4. The van der Waals surface area contributed by atoms with Crippen LogP contribution in [0.4, 0.5) is 0 Å². The van der Waals surface area contributed by atoms with Crippen LogP contribution >= 0.6 is 0 Å². The van der Waals surface area contributed by atoms with E-state index in [0.717, 1.165) is 12.1 Å². The van der Waals surface area contributed by atoms with E-state index in [2.05, 4.69) is 0 Å². The summed E-state index contributed by atoms with van der Waals surface area (Å²) in [5, 5.41) is 22.4. The molecule has 0 radical (unpaired) electrons. The van der Waals surface area contributed by atoms with Crippen molar-refractivity contribution < 1.29 is 26.7 Å². The molecule has 0 fully saturated rings. The van der Waals surface area contributed by atoms with Gasteiger partial charge in [0, 0.05) is 0 Å². The normalized spacial score (nSPS) is 14.9. The van der Waals surface area contributed by atoms with Crippen molar-refractivity contribution in [1.82, 2.24) is 5.32 Å². The quantitative estimate of drug-likeness (QED) is 0.300. The molecule has 1 aromatic rings. The van der Waals surface area contributed by atoms with Crippen molar-refractivity contribution in [2.45, 2.75) is 9.10 Å². The number of rotatable bonds is 5. The first-order valence-electron chi connectivity index (χ1n) is 5.14. The minimum Gasteiger partial charge on any atom is -0.478 e. The van der Waals surface area contributed by atoms with Crippen LogP contribution in [0.2, 0.25) is 0 Å². The fourth-order valence-electron chi connectivity index (χ4n) is 1.52. The largest absolute Gasteiger partial charge is 0.478 e. The van der Waals surface area contributed by atoms with Crippen molar-refractivity contribution in [2.24, 2.45) is 10.9 Å². The molecular weight excluding hydrogens is 324 g/mol. The number of hydrogen-bond acceptors (Lipinski definition) is 6. The number of carboxylic acid groups (broad SMARTS) is 1. The molecule has 0 bridgehead atoms. The molecule has 0 saturated heterocycles. The van der Waals surface area contributed by atoms with Gasteiger partial charge in [-0.2, -0.15) is 0 Å². The number of benzene rings is 1. The van der Waals surface area contributed by atoms with Gasteiger partial charge in [0.25, 0.3) is 10.0 Å². The highest BCUT2D eigenvalue weighted by Crippen LogP contribution is 2.27. The Morgan fingerprint density at radius 1 is 1.19 bits per heavy atom. The molecule has 10 nitrogen and oxygen atoms in total. The minimum atomic E-state index is -5.25. The summed E-state index contributed by atoms with van der Waals surface area (Å²) < 4.78 is 44.5. The second-order valence-electron chi connectivity index (χ2n) is 3.82. The molecule has 0 heterocycles. The van der Waals surface area contributed by atoms with Crippen LogP contribution in [0.15, 0.2) is 35.2 Å². The van der Waals surface area contributed by atoms with Crippen LogP contribution in [-0.4, -0.2) is 38.1 Å². The molecular formula is C9H12N4O6S2. The third-order valence-electron chi connectivity index (χ3n) is 2.41. The number of guanidine groups is 1. The van der Waals surface area contributed by atoms with Gasteiger partial charge in [-0.05, 0) is 12.1 Å². The second kappa shape index (κ2) is 5.31. The number of nitrogens with two attached hydrogens (primary N) is 2. The van der Waals surface area contributed by atoms with Gasteiger partial charge in [0.1, 0.15) is 0 Å². The van der Waals surface area contributed by atoms with Gasteiger partial charge < -0.3 is 16.2 Å². The summed E-state index contributed by atoms with van der Waals surface area (Å²) in [7, 11) is -10.3. The van der Waals surface area contributed by atoms with Crippen LogP contribution in [0, 0.1) is 5.41 Å². The lowest BCUT2D eigenvalue weighted by molar-refractivity contribution is -0.138. The van der Waals surface area contributed by atoms with E-state index in [9.17, 15) is 21.6 Å². The highest BCUT2D eigenvalue weighted by atomic mass is 32.3. The number of hydrogen-bond donors (Lipinski definition) is 5. The van der Waals surface area contributed by atoms with Gasteiger partial charge in [-0.1, -0.05) is 18.2 Å². The molecule has 0 amide bonds. The van der Waals surface area contributed by atoms with Crippen molar-refractivity contribution in [2.75, 3.05) is 0 Å². The lowest BCUT2D eigenvalue weighted by Gasteiger charge is -2.27. The lowest BCUT2D eigenvalue weighted by Crippen LogP contribution is -2.67. The summed E-state index contributed by atoms with van der Waals surface area (Å²) in [6, 6.07) is 5.93. The van der Waals surface area contributed by atoms with Crippen molar-refractivity contribution in [3.63, 3.8) is 0 Å². The Morgan fingerprint density at radius 3 is 2.00 bits per heavy atom. The van der Waals surface area contributed by atoms with E-state index >= 15 is 0 Å². The Hall–Kier alpha value is -2.18. The zero-order valence-electron chi connectivity index (χ0n) is 10.3. The molecule has 0 saturated carbocycles. The summed E-state index contributed by atoms with van der Waals surface area (Å²) in [6.07, 6.45) is 0. The number of carboxylic acids is 1. The first-order chi connectivity index (χ1) is 9.47. The number of aliphatic carboxylic acids is 1. The zero-order valence-corrected chi connectivity index (χ0v) is 12.0. The van der Waals surface area contributed by atoms with Gasteiger partial charge in [-0.25, -0.2) is 26.8 Å². The van der Waals surface area contributed by atoms with Crippen molar-refractivity contribution in [3.05, 3.63) is 30.3 Å². The summed E-state index contributed by atoms with van der Waals surface area (Å²) in [5.74, 6) is -3.52. The molecule has 1 atom stereocenters. The van der Waals surface area contributed by atoms with E-state index in [-0.39, 0.29) is 0 Å². The first kappa shape index (κ1) is 16.9. The summed E-state index contributed by atoms with van der Waals surface area (Å²) in [5.41, 5.74) is 4.91. The summed E-state index contributed by atoms with van der Waals surface area (Å²) >= 11 is 0. The summed E-state index contributed by atoms with van der Waals surface area (Å²) in [4.78, 5) is 10.8. The molecule has 7 N–H and O–H groups in total. The van der Waals surface area contributed by atoms with Gasteiger partial charge >= 0.3 is 10.2 Å². The number of primary sulfonamides is 1. The molecule has 0 aliphatic carbocycles. The Bertz CT molecular complexity index is 774. The predicted molar refractivity (Wildman–Crippen MR) is 72.2 cm³/mol. The van der Waals surface area contributed by atoms with E-state index in [0.29, 0.717) is 0 Å². The van der Waals surface area contributed by atoms with Crippen LogP contribution in [0.25, 0.3) is 0 Å². The van der Waals surface area contributed by atoms with Gasteiger partial charge in [0.05, 0.1) is 4.90 Å². The Kier molecular flexibility index (Phi) is 4.26. The van der Waals surface area contributed by atoms with E-state index in [1.165, 1.54) is 23.5 Å². The predicted octanol–water partition coefficient (Wildman–Crippen LogP) is -2.03. The highest BCUT2D eigenvalue weighted by molar-refractivity contribution is 8.10. The molecule has 0 aromatic heterocycles. The number of sulfone groups is 1. The van der Waals surface area contributed by atoms with Crippen molar-refractivity contribution in [3.8, 4) is 0 Å². The van der Waals surface area contributed by atoms with Crippen LogP contribution in [0.5, 0.6) is 0 Å².